The second kappa shape index (κ2) is 15.0. The van der Waals surface area contributed by atoms with E-state index in [4.69, 9.17) is 61.3 Å². The molecule has 8 heterocycles. The maximum Gasteiger partial charge on any atom is 2.00 e. The molecule has 296 valence electrons. The van der Waals surface area contributed by atoms with Gasteiger partial charge >= 0.3 is 84.7 Å². The van der Waals surface area contributed by atoms with Gasteiger partial charge in [-0.25, -0.2) is 19.2 Å². The Labute approximate surface area is 343 Å². The predicted molar refractivity (Wildman–Crippen MR) is 138 cm³/mol. The van der Waals surface area contributed by atoms with Crippen molar-refractivity contribution in [1.29, 1.82) is 0 Å². The molecule has 0 aliphatic carbocycles. The molecule has 8 rings (SSSR count). The van der Waals surface area contributed by atoms with Crippen molar-refractivity contribution in [2.45, 2.75) is 95.1 Å². The monoisotopic (exact) mass is 828 g/mol. The third-order valence-corrected chi connectivity index (χ3v) is 8.61. The molecule has 8 aliphatic heterocycles. The van der Waals surface area contributed by atoms with Gasteiger partial charge in [0.1, 0.15) is 72.0 Å². The third kappa shape index (κ3) is 6.63. The zero-order valence-electron chi connectivity index (χ0n) is 26.8. The van der Waals surface area contributed by atoms with Gasteiger partial charge in [-0.3, -0.25) is 0 Å². The van der Waals surface area contributed by atoms with Crippen LogP contribution >= 0.6 is 0 Å². The average molecular weight is 829 g/mol. The van der Waals surface area contributed by atoms with Crippen LogP contribution < -0.4 is 20.4 Å². The zero-order chi connectivity index (χ0) is 39.4. The standard InChI is InChI=1S/4C6H7O7.Ca.Mg/c4*7-1-2(8)3-5(10)6(11,13-5)4(9)12-3;;/h4*2-3,7-8,11H,1H2;;/q4*-1;2*+2/t4*2-,3+,5?,6?;;/m0000../s1. The fourth-order valence-corrected chi connectivity index (χ4v) is 5.32. The normalized spacial score (nSPS) is 48.0. The van der Waals surface area contributed by atoms with E-state index < -0.39 is 145 Å². The van der Waals surface area contributed by atoms with Crippen molar-refractivity contribution in [3.8, 4) is 0 Å². The molecule has 28 nitrogen and oxygen atoms in total. The number of hydrogen-bond donors (Lipinski definition) is 12. The maximum absolute atomic E-state index is 11.4. The summed E-state index contributed by atoms with van der Waals surface area (Å²) in [7, 11) is 0. The summed E-state index contributed by atoms with van der Waals surface area (Å²) >= 11 is 0. The summed E-state index contributed by atoms with van der Waals surface area (Å²) in [6, 6.07) is 0. The van der Waals surface area contributed by atoms with E-state index in [2.05, 4.69) is 37.9 Å². The molecule has 0 saturated carbocycles. The number of ether oxygens (including phenoxy) is 8. The fourth-order valence-electron chi connectivity index (χ4n) is 5.32. The van der Waals surface area contributed by atoms with Gasteiger partial charge in [0.25, 0.3) is 23.1 Å². The largest absolute Gasteiger partial charge is 2.00 e. The molecule has 0 radical (unpaired) electrons. The van der Waals surface area contributed by atoms with Gasteiger partial charge in [0.05, 0.1) is 26.4 Å². The predicted octanol–water partition coefficient (Wildman–Crippen LogP) is -16.6. The molecule has 8 saturated heterocycles. The van der Waals surface area contributed by atoms with Crippen molar-refractivity contribution in [2.75, 3.05) is 26.4 Å². The minimum absolute atomic E-state index is 0. The molecule has 0 amide bonds. The molecule has 54 heavy (non-hydrogen) atoms. The van der Waals surface area contributed by atoms with Crippen LogP contribution in [0.2, 0.25) is 0 Å². The van der Waals surface area contributed by atoms with Crippen LogP contribution in [0, 0.1) is 0 Å². The van der Waals surface area contributed by atoms with Crippen molar-refractivity contribution < 1.29 is 139 Å². The summed E-state index contributed by atoms with van der Waals surface area (Å²) in [6.07, 6.45) is -12.4. The molecule has 0 spiro atoms. The van der Waals surface area contributed by atoms with Gasteiger partial charge in [-0.2, -0.15) is 0 Å². The van der Waals surface area contributed by atoms with E-state index in [1.165, 1.54) is 0 Å². The van der Waals surface area contributed by atoms with E-state index in [1.807, 2.05) is 0 Å². The molecule has 0 aromatic carbocycles. The molecule has 8 fully saturated rings. The minimum Gasteiger partial charge on any atom is -0.821 e. The molecule has 16 atom stereocenters. The van der Waals surface area contributed by atoms with Gasteiger partial charge in [-0.05, 0) is 0 Å². The molecular weight excluding hydrogens is 801 g/mol. The van der Waals surface area contributed by atoms with E-state index >= 15 is 0 Å². The van der Waals surface area contributed by atoms with Gasteiger partial charge in [-0.15, -0.1) is 0 Å². The summed E-state index contributed by atoms with van der Waals surface area (Å²) in [5.74, 6) is -24.7. The van der Waals surface area contributed by atoms with E-state index in [0.717, 1.165) is 0 Å². The first-order valence-corrected chi connectivity index (χ1v) is 14.3. The number of carbonyl (C=O) groups excluding carboxylic acids is 4. The number of hydrogen-bond acceptors (Lipinski definition) is 28. The maximum atomic E-state index is 11.4. The number of epoxide rings is 4. The first kappa shape index (κ1) is 47.5. The van der Waals surface area contributed by atoms with E-state index in [9.17, 15) is 39.6 Å². The van der Waals surface area contributed by atoms with Crippen LogP contribution in [0.4, 0.5) is 0 Å². The number of carbonyl (C=O) groups is 4. The van der Waals surface area contributed by atoms with Crippen LogP contribution in [0.15, 0.2) is 0 Å². The Hall–Kier alpha value is -0.894. The van der Waals surface area contributed by atoms with Gasteiger partial charge in [0.2, 0.25) is 0 Å². The van der Waals surface area contributed by atoms with Crippen molar-refractivity contribution in [2.24, 2.45) is 0 Å². The van der Waals surface area contributed by atoms with Crippen molar-refractivity contribution in [1.82, 2.24) is 0 Å². The van der Waals surface area contributed by atoms with Crippen LogP contribution in [-0.4, -0.2) is 268 Å². The first-order chi connectivity index (χ1) is 23.8. The van der Waals surface area contributed by atoms with Gasteiger partial charge in [0, 0.05) is 0 Å². The molecule has 0 aromatic heterocycles. The molecule has 8 unspecified atom stereocenters. The smallest absolute Gasteiger partial charge is 0.821 e. The van der Waals surface area contributed by atoms with Crippen molar-refractivity contribution in [3.05, 3.63) is 0 Å². The molecule has 0 bridgehead atoms. The summed E-state index contributed by atoms with van der Waals surface area (Å²) in [6.45, 7) is -2.99. The Bertz CT molecular complexity index is 1290. The van der Waals surface area contributed by atoms with Crippen LogP contribution in [0.3, 0.4) is 0 Å². The second-order valence-corrected chi connectivity index (χ2v) is 12.0. The van der Waals surface area contributed by atoms with Crippen LogP contribution in [0.1, 0.15) is 0 Å². The number of rotatable bonds is 8. The number of aliphatic hydroxyl groups is 12. The number of fused-ring (bicyclic) bond motifs is 4. The van der Waals surface area contributed by atoms with Gasteiger partial charge in [-0.1, -0.05) is 0 Å². The summed E-state index contributed by atoms with van der Waals surface area (Å²) in [4.78, 5) is 43.1. The molecule has 30 heteroatoms. The number of cyclic esters (lactones) is 4. The topological polar surface area (TPSA) is 490 Å². The average Bonchev–Trinajstić information content (AvgIpc) is 4.03. The van der Waals surface area contributed by atoms with E-state index in [1.54, 1.807) is 0 Å². The summed E-state index contributed by atoms with van der Waals surface area (Å²) in [5, 5.41) is 152. The van der Waals surface area contributed by atoms with Gasteiger partial charge < -0.3 is 120 Å². The number of esters is 4. The number of aliphatic hydroxyl groups excluding tert-OH is 8. The SMILES string of the molecule is O=C1O[C@H]([C@@H](O)CO)C2([O-])OC12O.O=C1O[C@H]([C@@H](O)CO)C2([O-])OC12O.O=C1O[C@H]([C@@H](O)CO)C2([O-])OC12O.O=C1O[C@H]([C@@H](O)CO)C2([O-])OC12O.[Ca+2].[Mg+2]. The van der Waals surface area contributed by atoms with E-state index in [-0.39, 0.29) is 60.8 Å². The Balaban J connectivity index is 0.000000191. The summed E-state index contributed by atoms with van der Waals surface area (Å²) in [5.41, 5.74) is 0. The Morgan fingerprint density at radius 1 is 0.444 bits per heavy atom. The van der Waals surface area contributed by atoms with Crippen LogP contribution in [0.5, 0.6) is 0 Å². The Kier molecular flexibility index (Phi) is 13.2. The van der Waals surface area contributed by atoms with Crippen LogP contribution in [-0.2, 0) is 57.1 Å². The minimum atomic E-state index is -2.48. The first-order valence-electron chi connectivity index (χ1n) is 14.3. The van der Waals surface area contributed by atoms with Gasteiger partial charge in [0.15, 0.2) is 0 Å². The van der Waals surface area contributed by atoms with E-state index in [0.29, 0.717) is 0 Å². The fraction of sp³-hybridized carbons (Fsp3) is 0.833. The molecule has 0 aromatic rings. The van der Waals surface area contributed by atoms with Crippen molar-refractivity contribution in [3.63, 3.8) is 0 Å². The molecule has 12 N–H and O–H groups in total. The Morgan fingerprint density at radius 3 is 0.667 bits per heavy atom. The quantitative estimate of drug-likeness (QED) is 0.0468. The second-order valence-electron chi connectivity index (χ2n) is 12.0. The zero-order valence-corrected chi connectivity index (χ0v) is 30.4. The van der Waals surface area contributed by atoms with Crippen molar-refractivity contribution >= 4 is 84.7 Å². The molecule has 8 aliphatic rings. The third-order valence-electron chi connectivity index (χ3n) is 8.61. The van der Waals surface area contributed by atoms with Crippen LogP contribution in [0.25, 0.3) is 0 Å². The Morgan fingerprint density at radius 2 is 0.593 bits per heavy atom. The summed E-state index contributed by atoms with van der Waals surface area (Å²) < 4.78 is 34.3. The molecular formula is C24H28CaMgO28.